The monoisotopic (exact) mass is 583 g/mol. The normalized spacial score (nSPS) is 18.7. The maximum atomic E-state index is 14.4. The maximum Gasteiger partial charge on any atom is 0.363 e. The van der Waals surface area contributed by atoms with Crippen molar-refractivity contribution in [3.05, 3.63) is 64.6 Å². The third-order valence-corrected chi connectivity index (χ3v) is 6.81. The van der Waals surface area contributed by atoms with Gasteiger partial charge in [-0.3, -0.25) is 18.9 Å². The number of carbonyl (C=O) groups is 3. The van der Waals surface area contributed by atoms with Crippen molar-refractivity contribution < 1.29 is 42.2 Å². The number of aromatic nitrogens is 1. The molecule has 14 heteroatoms. The number of hydrogen-bond donors (Lipinski definition) is 2. The van der Waals surface area contributed by atoms with Gasteiger partial charge in [-0.1, -0.05) is 23.7 Å². The van der Waals surface area contributed by atoms with E-state index in [4.69, 9.17) is 16.5 Å². The molecule has 0 spiro atoms. The molecule has 4 rings (SSSR count). The number of halogens is 3. The lowest BCUT2D eigenvalue weighted by Gasteiger charge is -2.24. The van der Waals surface area contributed by atoms with Gasteiger partial charge in [0.15, 0.2) is 11.5 Å². The molecule has 1 fully saturated rings. The number of carbonyl (C=O) groups excluding carboxylic acids is 3. The fourth-order valence-corrected chi connectivity index (χ4v) is 4.80. The van der Waals surface area contributed by atoms with E-state index in [2.05, 4.69) is 9.99 Å². The first-order chi connectivity index (χ1) is 18.3. The molecule has 1 unspecified atom stereocenters. The number of Topliss-reactive ketones (excluding diaryl/α,β-unsaturated/α-hetero) is 1. The Morgan fingerprint density at radius 3 is 2.69 bits per heavy atom. The Morgan fingerprint density at radius 2 is 2.00 bits per heavy atom. The number of benzene rings is 2. The summed E-state index contributed by atoms with van der Waals surface area (Å²) >= 11 is 5.78. The van der Waals surface area contributed by atoms with E-state index in [9.17, 15) is 32.6 Å². The lowest BCUT2D eigenvalue weighted by Crippen LogP contribution is -2.46. The number of rotatable bonds is 9. The third kappa shape index (κ3) is 6.65. The van der Waals surface area contributed by atoms with E-state index < -0.39 is 37.4 Å². The second-order valence-corrected chi connectivity index (χ2v) is 11.4. The third-order valence-electron chi connectivity index (χ3n) is 6.17. The fraction of sp³-hybridized carbons (Fsp3) is 0.320. The lowest BCUT2D eigenvalue weighted by atomic mass is 10.1. The Bertz CT molecular complexity index is 1490. The van der Waals surface area contributed by atoms with Crippen LogP contribution in [0.25, 0.3) is 10.9 Å². The summed E-state index contributed by atoms with van der Waals surface area (Å²) in [5, 5.41) is 2.91. The largest absolute Gasteiger partial charge is 0.363 e. The minimum absolute atomic E-state index is 0.0380. The van der Waals surface area contributed by atoms with E-state index in [0.717, 1.165) is 11.6 Å². The number of alkyl halides is 1. The summed E-state index contributed by atoms with van der Waals surface area (Å²) in [7, 11) is -3.95. The van der Waals surface area contributed by atoms with Crippen LogP contribution in [0.2, 0.25) is 5.02 Å². The van der Waals surface area contributed by atoms with Crippen LogP contribution >= 0.6 is 19.2 Å². The molecule has 39 heavy (non-hydrogen) atoms. The van der Waals surface area contributed by atoms with Crippen LogP contribution in [-0.2, 0) is 31.9 Å². The Kier molecular flexibility index (Phi) is 8.41. The van der Waals surface area contributed by atoms with Crippen molar-refractivity contribution in [1.29, 1.82) is 0 Å². The molecule has 1 aliphatic heterocycles. The Labute approximate surface area is 226 Å². The smallest absolute Gasteiger partial charge is 0.350 e. The molecule has 2 amide bonds. The van der Waals surface area contributed by atoms with Gasteiger partial charge in [-0.2, -0.15) is 0 Å². The summed E-state index contributed by atoms with van der Waals surface area (Å²) in [6, 6.07) is 7.59. The predicted molar refractivity (Wildman–Crippen MR) is 138 cm³/mol. The van der Waals surface area contributed by atoms with Gasteiger partial charge in [0, 0.05) is 48.4 Å². The van der Waals surface area contributed by atoms with Gasteiger partial charge in [0.1, 0.15) is 24.6 Å². The SMILES string of the molecule is CC(=O)c1cn(CC(=O)N2C[C@H](F)C[C@H]2C(=O)NCc2cccc(Cl)c2F)c2cc(OOP(C)(=O)O)ccc12. The van der Waals surface area contributed by atoms with Crippen molar-refractivity contribution in [2.75, 3.05) is 13.2 Å². The minimum Gasteiger partial charge on any atom is -0.350 e. The number of nitrogens with zero attached hydrogens (tertiary/aromatic N) is 2. The van der Waals surface area contributed by atoms with Crippen LogP contribution < -0.4 is 10.2 Å². The number of fused-ring (bicyclic) bond motifs is 1. The minimum atomic E-state index is -3.95. The first kappa shape index (κ1) is 28.7. The van der Waals surface area contributed by atoms with E-state index in [0.29, 0.717) is 16.5 Å². The van der Waals surface area contributed by atoms with Gasteiger partial charge in [-0.05, 0) is 25.1 Å². The molecule has 2 N–H and O–H groups in total. The average molecular weight is 584 g/mol. The van der Waals surface area contributed by atoms with Crippen LogP contribution in [0.3, 0.4) is 0 Å². The van der Waals surface area contributed by atoms with Crippen molar-refractivity contribution in [1.82, 2.24) is 14.8 Å². The van der Waals surface area contributed by atoms with E-state index in [1.54, 1.807) is 0 Å². The summed E-state index contributed by atoms with van der Waals surface area (Å²) in [6.45, 7) is 1.43. The van der Waals surface area contributed by atoms with E-state index in [1.165, 1.54) is 54.1 Å². The summed E-state index contributed by atoms with van der Waals surface area (Å²) in [4.78, 5) is 53.7. The lowest BCUT2D eigenvalue weighted by molar-refractivity contribution is -0.139. The molecule has 1 saturated heterocycles. The van der Waals surface area contributed by atoms with Gasteiger partial charge in [-0.25, -0.2) is 8.78 Å². The molecule has 1 aliphatic rings. The molecule has 2 heterocycles. The highest BCUT2D eigenvalue weighted by Crippen LogP contribution is 2.38. The predicted octanol–water partition coefficient (Wildman–Crippen LogP) is 4.02. The Hall–Kier alpha value is -3.31. The molecule has 2 aromatic carbocycles. The number of likely N-dealkylation sites (tertiary alicyclic amines) is 1. The van der Waals surface area contributed by atoms with Crippen LogP contribution in [-0.4, -0.2) is 57.4 Å². The van der Waals surface area contributed by atoms with Gasteiger partial charge < -0.3 is 24.6 Å². The highest BCUT2D eigenvalue weighted by atomic mass is 35.5. The van der Waals surface area contributed by atoms with E-state index >= 15 is 0 Å². The first-order valence-corrected chi connectivity index (χ1v) is 14.2. The van der Waals surface area contributed by atoms with Crippen molar-refractivity contribution in [2.45, 2.75) is 38.6 Å². The van der Waals surface area contributed by atoms with Crippen molar-refractivity contribution in [3.63, 3.8) is 0 Å². The standard InChI is InChI=1S/C25H25ClF2N3O7P/c1-14(32)19-12-30(21-9-17(6-7-18(19)21)37-38-39(2,35)36)13-23(33)31-11-16(27)8-22(31)25(34)29-10-15-4-3-5-20(26)24(15)28/h3-7,9,12,16,22H,8,10-11,13H2,1-2H3,(H,29,34)(H,35,36)/t16-,22+/m1/s1. The number of nitrogens with one attached hydrogen (secondary N) is 1. The Morgan fingerprint density at radius 1 is 1.26 bits per heavy atom. The second-order valence-electron chi connectivity index (χ2n) is 9.19. The molecule has 0 aliphatic carbocycles. The molecular weight excluding hydrogens is 559 g/mol. The van der Waals surface area contributed by atoms with Crippen LogP contribution in [0.5, 0.6) is 5.75 Å². The molecule has 0 bridgehead atoms. The van der Waals surface area contributed by atoms with Crippen LogP contribution in [0, 0.1) is 5.82 Å². The van der Waals surface area contributed by atoms with Gasteiger partial charge in [0.25, 0.3) is 0 Å². The molecule has 0 saturated carbocycles. The Balaban J connectivity index is 1.54. The molecular formula is C25H25ClF2N3O7P. The summed E-state index contributed by atoms with van der Waals surface area (Å²) in [6.07, 6.45) is -0.220. The van der Waals surface area contributed by atoms with Gasteiger partial charge >= 0.3 is 7.60 Å². The van der Waals surface area contributed by atoms with Crippen molar-refractivity contribution >= 4 is 47.7 Å². The van der Waals surface area contributed by atoms with Gasteiger partial charge in [0.2, 0.25) is 11.8 Å². The van der Waals surface area contributed by atoms with Gasteiger partial charge in [-0.15, -0.1) is 4.67 Å². The average Bonchev–Trinajstić information content (AvgIpc) is 3.43. The molecule has 208 valence electrons. The molecule has 3 atom stereocenters. The van der Waals surface area contributed by atoms with E-state index in [1.807, 2.05) is 0 Å². The van der Waals surface area contributed by atoms with Crippen LogP contribution in [0.15, 0.2) is 42.6 Å². The maximum absolute atomic E-state index is 14.4. The summed E-state index contributed by atoms with van der Waals surface area (Å²) in [5.41, 5.74) is 0.810. The van der Waals surface area contributed by atoms with Crippen LogP contribution in [0.1, 0.15) is 29.3 Å². The molecule has 0 radical (unpaired) electrons. The topological polar surface area (TPSA) is 127 Å². The summed E-state index contributed by atoms with van der Waals surface area (Å²) in [5.74, 6) is -2.16. The van der Waals surface area contributed by atoms with Crippen LogP contribution in [0.4, 0.5) is 8.78 Å². The fourth-order valence-electron chi connectivity index (χ4n) is 4.38. The second kappa shape index (κ2) is 11.4. The van der Waals surface area contributed by atoms with Crippen molar-refractivity contribution in [2.24, 2.45) is 0 Å². The summed E-state index contributed by atoms with van der Waals surface area (Å²) < 4.78 is 45.9. The molecule has 10 nitrogen and oxygen atoms in total. The number of amides is 2. The van der Waals surface area contributed by atoms with Gasteiger partial charge in [0.05, 0.1) is 17.1 Å². The highest BCUT2D eigenvalue weighted by molar-refractivity contribution is 7.51. The number of hydrogen-bond acceptors (Lipinski definition) is 6. The zero-order chi connectivity index (χ0) is 28.5. The molecule has 3 aromatic rings. The quantitative estimate of drug-likeness (QED) is 0.169. The zero-order valence-electron chi connectivity index (χ0n) is 20.9. The highest BCUT2D eigenvalue weighted by Gasteiger charge is 2.39. The van der Waals surface area contributed by atoms with E-state index in [-0.39, 0.29) is 48.2 Å². The number of ketones is 1. The van der Waals surface area contributed by atoms with Crippen molar-refractivity contribution in [3.8, 4) is 5.75 Å². The molecule has 1 aromatic heterocycles. The zero-order valence-corrected chi connectivity index (χ0v) is 22.5. The first-order valence-electron chi connectivity index (χ1n) is 11.8.